The summed E-state index contributed by atoms with van der Waals surface area (Å²) < 4.78 is 14.6. The van der Waals surface area contributed by atoms with Gasteiger partial charge in [0, 0.05) is 0 Å². The largest absolute Gasteiger partial charge is 0.0626 e. The molecule has 0 amide bonds. The van der Waals surface area contributed by atoms with Crippen LogP contribution in [0.25, 0.3) is 0 Å². The topological polar surface area (TPSA) is 0 Å². The number of hydrogen-bond acceptors (Lipinski definition) is 0. The molecule has 0 fully saturated rings. The zero-order chi connectivity index (χ0) is 13.7. The lowest BCUT2D eigenvalue weighted by Gasteiger charge is -1.90. The summed E-state index contributed by atoms with van der Waals surface area (Å²) >= 11 is 0. The van der Waals surface area contributed by atoms with E-state index in [1.807, 2.05) is 58.0 Å². The molecule has 0 aliphatic rings. The summed E-state index contributed by atoms with van der Waals surface area (Å²) in [5, 5.41) is 0. The summed E-state index contributed by atoms with van der Waals surface area (Å²) in [5.41, 5.74) is 4.53. The minimum atomic E-state index is 0.604. The van der Waals surface area contributed by atoms with Gasteiger partial charge in [-0.15, -0.1) is 0 Å². The van der Waals surface area contributed by atoms with Gasteiger partial charge < -0.3 is 0 Å². The summed E-state index contributed by atoms with van der Waals surface area (Å²) in [7, 11) is 0. The van der Waals surface area contributed by atoms with E-state index in [9.17, 15) is 0 Å². The smallest absolute Gasteiger partial charge is 0.0617 e. The summed E-state index contributed by atoms with van der Waals surface area (Å²) in [5.74, 6) is 0. The third kappa shape index (κ3) is 4.79. The molecule has 0 heterocycles. The van der Waals surface area contributed by atoms with E-state index in [0.29, 0.717) is 12.1 Å². The zero-order valence-electron chi connectivity index (χ0n) is 12.5. The Morgan fingerprint density at radius 2 is 1.25 bits per heavy atom. The molecule has 0 aromatic heterocycles. The highest BCUT2D eigenvalue weighted by atomic mass is 13.9. The second kappa shape index (κ2) is 6.12. The molecule has 0 bridgehead atoms. The molecule has 16 heavy (non-hydrogen) atoms. The SMILES string of the molecule is [3H]c1cc(C)cc(C)c1.[3H]c1cc(C)ccc1C. The minimum absolute atomic E-state index is 0.604. The predicted molar refractivity (Wildman–Crippen MR) is 71.8 cm³/mol. The molecule has 0 heteroatoms. The molecule has 0 unspecified atom stereocenters. The van der Waals surface area contributed by atoms with E-state index in [2.05, 4.69) is 6.07 Å². The van der Waals surface area contributed by atoms with E-state index in [0.717, 1.165) is 11.1 Å². The molecule has 0 nitrogen and oxygen atoms in total. The van der Waals surface area contributed by atoms with Crippen molar-refractivity contribution < 1.29 is 2.74 Å². The van der Waals surface area contributed by atoms with Gasteiger partial charge in [-0.3, -0.25) is 0 Å². The lowest BCUT2D eigenvalue weighted by molar-refractivity contribution is 1.39. The van der Waals surface area contributed by atoms with Crippen LogP contribution < -0.4 is 0 Å². The van der Waals surface area contributed by atoms with Crippen LogP contribution in [0.2, 0.25) is 0 Å². The molecule has 2 rings (SSSR count). The molecule has 84 valence electrons. The van der Waals surface area contributed by atoms with E-state index in [-0.39, 0.29) is 0 Å². The van der Waals surface area contributed by atoms with Crippen LogP contribution >= 0.6 is 0 Å². The molecule has 0 aliphatic carbocycles. The molecule has 0 saturated heterocycles. The average Bonchev–Trinajstić information content (AvgIpc) is 2.23. The Labute approximate surface area is 102 Å². The summed E-state index contributed by atoms with van der Waals surface area (Å²) in [4.78, 5) is 0. The molecule has 0 saturated carbocycles. The monoisotopic (exact) mass is 216 g/mol. The Hall–Kier alpha value is -1.56. The predicted octanol–water partition coefficient (Wildman–Crippen LogP) is 4.61. The number of benzene rings is 2. The first-order valence-electron chi connectivity index (χ1n) is 6.47. The molecule has 2 aromatic carbocycles. The summed E-state index contributed by atoms with van der Waals surface area (Å²) in [6, 6.07) is 12.9. The number of aryl methyl sites for hydroxylation is 4. The van der Waals surface area contributed by atoms with Crippen molar-refractivity contribution in [2.75, 3.05) is 0 Å². The van der Waals surface area contributed by atoms with Crippen LogP contribution in [-0.2, 0) is 0 Å². The van der Waals surface area contributed by atoms with Crippen LogP contribution in [0.1, 0.15) is 25.0 Å². The van der Waals surface area contributed by atoms with Gasteiger partial charge in [0.2, 0.25) is 0 Å². The van der Waals surface area contributed by atoms with Gasteiger partial charge in [0.25, 0.3) is 0 Å². The third-order valence-corrected chi connectivity index (χ3v) is 2.20. The van der Waals surface area contributed by atoms with Crippen molar-refractivity contribution in [2.24, 2.45) is 0 Å². The van der Waals surface area contributed by atoms with E-state index >= 15 is 0 Å². The highest BCUT2D eigenvalue weighted by molar-refractivity contribution is 5.20. The second-order valence-electron chi connectivity index (χ2n) is 4.14. The van der Waals surface area contributed by atoms with E-state index in [1.54, 1.807) is 0 Å². The van der Waals surface area contributed by atoms with Crippen molar-refractivity contribution in [3.63, 3.8) is 0 Å². The molecule has 0 spiro atoms. The van der Waals surface area contributed by atoms with E-state index < -0.39 is 0 Å². The van der Waals surface area contributed by atoms with Crippen molar-refractivity contribution >= 4 is 0 Å². The van der Waals surface area contributed by atoms with E-state index in [4.69, 9.17) is 2.74 Å². The fraction of sp³-hybridized carbons (Fsp3) is 0.250. The first-order chi connectivity index (χ1) is 8.38. The Bertz CT molecular complexity index is 480. The van der Waals surface area contributed by atoms with Gasteiger partial charge in [-0.1, -0.05) is 70.7 Å². The molecule has 0 N–H and O–H groups in total. The maximum Gasteiger partial charge on any atom is 0.0626 e. The highest BCUT2D eigenvalue weighted by Gasteiger charge is 1.81. The average molecular weight is 216 g/mol. The fourth-order valence-corrected chi connectivity index (χ4v) is 1.33. The maximum atomic E-state index is 7.36. The Balaban J connectivity index is 0.000000180. The fourth-order valence-electron chi connectivity index (χ4n) is 1.33. The van der Waals surface area contributed by atoms with Gasteiger partial charge in [0.05, 0.1) is 2.74 Å². The van der Waals surface area contributed by atoms with Crippen LogP contribution in [0.4, 0.5) is 0 Å². The highest BCUT2D eigenvalue weighted by Crippen LogP contribution is 2.00. The van der Waals surface area contributed by atoms with Gasteiger partial charge in [0.15, 0.2) is 0 Å². The molecule has 0 atom stereocenters. The van der Waals surface area contributed by atoms with Gasteiger partial charge >= 0.3 is 0 Å². The third-order valence-electron chi connectivity index (χ3n) is 2.20. The summed E-state index contributed by atoms with van der Waals surface area (Å²) in [6.45, 7) is 7.95. The lowest BCUT2D eigenvalue weighted by Crippen LogP contribution is -1.71. The van der Waals surface area contributed by atoms with Crippen molar-refractivity contribution in [3.8, 4) is 0 Å². The van der Waals surface area contributed by atoms with Gasteiger partial charge in [-0.05, 0) is 27.7 Å². The second-order valence-corrected chi connectivity index (χ2v) is 4.14. The van der Waals surface area contributed by atoms with Crippen LogP contribution in [0.3, 0.4) is 0 Å². The standard InChI is InChI=1S/2C8H10/c1-7-3-5-8(2)6-4-7;1-7-4-3-5-8(2)6-7/h2*3-6H,1-2H3/i2*3T. The van der Waals surface area contributed by atoms with Crippen LogP contribution in [-0.4, -0.2) is 0 Å². The number of rotatable bonds is 0. The van der Waals surface area contributed by atoms with Crippen molar-refractivity contribution in [1.82, 2.24) is 0 Å². The molecular formula is C16H20. The van der Waals surface area contributed by atoms with Gasteiger partial charge in [-0.2, -0.15) is 0 Å². The van der Waals surface area contributed by atoms with Crippen LogP contribution in [0.15, 0.2) is 48.5 Å². The molecule has 2 aromatic rings. The van der Waals surface area contributed by atoms with E-state index in [1.165, 1.54) is 11.1 Å². The first kappa shape index (κ1) is 9.65. The quantitative estimate of drug-likeness (QED) is 0.603. The normalized spacial score (nSPS) is 11.0. The first-order valence-corrected chi connectivity index (χ1v) is 5.47. The van der Waals surface area contributed by atoms with Crippen molar-refractivity contribution in [3.05, 3.63) is 70.7 Å². The minimum Gasteiger partial charge on any atom is -0.0617 e. The molecule has 0 radical (unpaired) electrons. The Morgan fingerprint density at radius 3 is 1.69 bits per heavy atom. The molecule has 0 aliphatic heterocycles. The van der Waals surface area contributed by atoms with Crippen molar-refractivity contribution in [2.45, 2.75) is 27.7 Å². The lowest BCUT2D eigenvalue weighted by atomic mass is 10.2. The Kier molecular flexibility index (Phi) is 3.69. The van der Waals surface area contributed by atoms with Gasteiger partial charge in [-0.25, -0.2) is 0 Å². The number of hydrogen-bond donors (Lipinski definition) is 0. The van der Waals surface area contributed by atoms with Crippen molar-refractivity contribution in [1.29, 1.82) is 0 Å². The van der Waals surface area contributed by atoms with Crippen LogP contribution in [0, 0.1) is 27.7 Å². The summed E-state index contributed by atoms with van der Waals surface area (Å²) in [6.07, 6.45) is 0. The van der Waals surface area contributed by atoms with Crippen LogP contribution in [0.5, 0.6) is 0 Å². The Morgan fingerprint density at radius 1 is 0.688 bits per heavy atom. The zero-order valence-corrected chi connectivity index (χ0v) is 10.5. The maximum absolute atomic E-state index is 7.36. The molecular weight excluding hydrogens is 192 g/mol. The van der Waals surface area contributed by atoms with Gasteiger partial charge in [0.1, 0.15) is 0 Å².